The van der Waals surface area contributed by atoms with Crippen LogP contribution in [-0.2, 0) is 24.3 Å². The van der Waals surface area contributed by atoms with E-state index in [0.717, 1.165) is 35.6 Å². The van der Waals surface area contributed by atoms with Crippen molar-refractivity contribution in [2.24, 2.45) is 0 Å². The number of carbonyl (C=O) groups is 1. The molecule has 144 valence electrons. The lowest BCUT2D eigenvalue weighted by molar-refractivity contribution is -0.134. The van der Waals surface area contributed by atoms with Gasteiger partial charge in [0.25, 0.3) is 0 Å². The summed E-state index contributed by atoms with van der Waals surface area (Å²) in [4.78, 5) is 15.1. The lowest BCUT2D eigenvalue weighted by Crippen LogP contribution is -2.38. The second-order valence-corrected chi connectivity index (χ2v) is 7.32. The summed E-state index contributed by atoms with van der Waals surface area (Å²) in [7, 11) is 0. The van der Waals surface area contributed by atoms with Crippen LogP contribution in [0.1, 0.15) is 61.2 Å². The van der Waals surface area contributed by atoms with Gasteiger partial charge in [0.05, 0.1) is 37.5 Å². The van der Waals surface area contributed by atoms with Crippen LogP contribution in [-0.4, -0.2) is 26.6 Å². The van der Waals surface area contributed by atoms with Crippen molar-refractivity contribution < 1.29 is 9.21 Å². The van der Waals surface area contributed by atoms with Gasteiger partial charge in [0, 0.05) is 18.2 Å². The molecule has 1 saturated carbocycles. The predicted molar refractivity (Wildman–Crippen MR) is 102 cm³/mol. The number of carbonyl (C=O) groups excluding carboxylic acids is 1. The van der Waals surface area contributed by atoms with E-state index < -0.39 is 0 Å². The van der Waals surface area contributed by atoms with Crippen LogP contribution in [0.25, 0.3) is 0 Å². The van der Waals surface area contributed by atoms with Crippen LogP contribution < -0.4 is 0 Å². The lowest BCUT2D eigenvalue weighted by Gasteiger charge is -2.28. The van der Waals surface area contributed by atoms with Gasteiger partial charge in [-0.25, -0.2) is 0 Å². The number of hydrogen-bond donors (Lipinski definition) is 0. The minimum atomic E-state index is 0.182. The Kier molecular flexibility index (Phi) is 6.33. The molecule has 0 aromatic carbocycles. The topological polar surface area (TPSA) is 75.1 Å². The highest BCUT2D eigenvalue weighted by molar-refractivity contribution is 5.77. The van der Waals surface area contributed by atoms with Crippen LogP contribution in [0.5, 0.6) is 0 Å². The maximum Gasteiger partial charge on any atom is 0.223 e. The first-order valence-electron chi connectivity index (χ1n) is 9.82. The summed E-state index contributed by atoms with van der Waals surface area (Å²) < 4.78 is 7.37. The summed E-state index contributed by atoms with van der Waals surface area (Å²) in [6.07, 6.45) is 7.81. The molecule has 6 nitrogen and oxygen atoms in total. The third-order valence-electron chi connectivity index (χ3n) is 5.55. The molecule has 1 fully saturated rings. The molecule has 27 heavy (non-hydrogen) atoms. The van der Waals surface area contributed by atoms with E-state index in [1.54, 1.807) is 6.26 Å². The number of nitrogens with zero attached hydrogens (tertiary/aromatic N) is 4. The predicted octanol–water partition coefficient (Wildman–Crippen LogP) is 3.91. The molecule has 1 amide bonds. The number of rotatable bonds is 8. The Balaban J connectivity index is 1.67. The monoisotopic (exact) mass is 368 g/mol. The maximum absolute atomic E-state index is 13.0. The molecular formula is C21H28N4O2. The molecular weight excluding hydrogens is 340 g/mol. The molecule has 0 N–H and O–H groups in total. The number of hydrogen-bond acceptors (Lipinski definition) is 4. The molecule has 0 radical (unpaired) electrons. The molecule has 6 heteroatoms. The molecule has 0 bridgehead atoms. The molecule has 2 heterocycles. The van der Waals surface area contributed by atoms with Gasteiger partial charge < -0.3 is 9.32 Å². The fraction of sp³-hybridized carbons (Fsp3) is 0.571. The number of aryl methyl sites for hydroxylation is 2. The van der Waals surface area contributed by atoms with Gasteiger partial charge in [0.15, 0.2) is 0 Å². The van der Waals surface area contributed by atoms with E-state index in [1.807, 2.05) is 35.6 Å². The molecule has 1 aliphatic carbocycles. The first-order valence-corrected chi connectivity index (χ1v) is 9.82. The lowest BCUT2D eigenvalue weighted by atomic mass is 10.1. The Bertz CT molecular complexity index is 795. The van der Waals surface area contributed by atoms with Crippen molar-refractivity contribution in [1.82, 2.24) is 14.7 Å². The zero-order valence-corrected chi connectivity index (χ0v) is 16.3. The van der Waals surface area contributed by atoms with Crippen molar-refractivity contribution in [1.29, 1.82) is 5.26 Å². The molecule has 0 spiro atoms. The van der Waals surface area contributed by atoms with E-state index in [1.165, 1.54) is 12.8 Å². The summed E-state index contributed by atoms with van der Waals surface area (Å²) in [5.74, 6) is 1.02. The zero-order valence-electron chi connectivity index (χ0n) is 16.3. The Morgan fingerprint density at radius 2 is 2.19 bits per heavy atom. The standard InChI is InChI=1S/C21H28N4O2/c1-16-20(17(2)25(23-16)13-6-12-22)10-11-21(26)24(18-7-3-4-8-18)15-19-9-5-14-27-19/h5,9,14,18H,3-4,6-8,10-11,13,15H2,1-2H3. The first kappa shape index (κ1) is 19.2. The summed E-state index contributed by atoms with van der Waals surface area (Å²) in [6, 6.07) is 6.28. The van der Waals surface area contributed by atoms with Crippen LogP contribution in [0.4, 0.5) is 0 Å². The van der Waals surface area contributed by atoms with Gasteiger partial charge >= 0.3 is 0 Å². The van der Waals surface area contributed by atoms with Crippen LogP contribution in [0, 0.1) is 25.2 Å². The zero-order chi connectivity index (χ0) is 19.2. The highest BCUT2D eigenvalue weighted by Crippen LogP contribution is 2.26. The Labute approximate surface area is 160 Å². The van der Waals surface area contributed by atoms with Gasteiger partial charge in [-0.2, -0.15) is 10.4 Å². The van der Waals surface area contributed by atoms with Gasteiger partial charge in [-0.05, 0) is 50.8 Å². The summed E-state index contributed by atoms with van der Waals surface area (Å²) in [6.45, 7) is 5.15. The fourth-order valence-electron chi connectivity index (χ4n) is 4.05. The molecule has 0 atom stereocenters. The quantitative estimate of drug-likeness (QED) is 0.708. The number of nitriles is 1. The largest absolute Gasteiger partial charge is 0.467 e. The molecule has 0 saturated heterocycles. The minimum Gasteiger partial charge on any atom is -0.467 e. The smallest absolute Gasteiger partial charge is 0.223 e. The minimum absolute atomic E-state index is 0.182. The van der Waals surface area contributed by atoms with Crippen LogP contribution in [0.3, 0.4) is 0 Å². The number of aromatic nitrogens is 2. The summed E-state index contributed by atoms with van der Waals surface area (Å²) in [5.41, 5.74) is 3.15. The van der Waals surface area contributed by atoms with Gasteiger partial charge in [-0.3, -0.25) is 9.48 Å². The van der Waals surface area contributed by atoms with E-state index in [0.29, 0.717) is 38.4 Å². The molecule has 2 aromatic heterocycles. The Morgan fingerprint density at radius 3 is 2.85 bits per heavy atom. The molecule has 1 aliphatic rings. The number of furan rings is 1. The van der Waals surface area contributed by atoms with Crippen molar-refractivity contribution in [3.63, 3.8) is 0 Å². The number of amides is 1. The fourth-order valence-corrected chi connectivity index (χ4v) is 4.05. The van der Waals surface area contributed by atoms with Crippen molar-refractivity contribution in [3.8, 4) is 6.07 Å². The molecule has 2 aromatic rings. The van der Waals surface area contributed by atoms with Gasteiger partial charge in [0.2, 0.25) is 5.91 Å². The van der Waals surface area contributed by atoms with Crippen LogP contribution >= 0.6 is 0 Å². The van der Waals surface area contributed by atoms with Crippen LogP contribution in [0.15, 0.2) is 22.8 Å². The third kappa shape index (κ3) is 4.60. The second-order valence-electron chi connectivity index (χ2n) is 7.32. The first-order chi connectivity index (χ1) is 13.1. The molecule has 3 rings (SSSR count). The maximum atomic E-state index is 13.0. The Hall–Kier alpha value is -2.55. The normalized spacial score (nSPS) is 14.4. The second kappa shape index (κ2) is 8.90. The third-order valence-corrected chi connectivity index (χ3v) is 5.55. The van der Waals surface area contributed by atoms with Gasteiger partial charge in [-0.15, -0.1) is 0 Å². The van der Waals surface area contributed by atoms with E-state index in [9.17, 15) is 4.79 Å². The average Bonchev–Trinajstić information content (AvgIpc) is 3.40. The highest BCUT2D eigenvalue weighted by atomic mass is 16.3. The summed E-state index contributed by atoms with van der Waals surface area (Å²) >= 11 is 0. The van der Waals surface area contributed by atoms with Crippen molar-refractivity contribution >= 4 is 5.91 Å². The van der Waals surface area contributed by atoms with E-state index in [4.69, 9.17) is 9.68 Å². The van der Waals surface area contributed by atoms with E-state index >= 15 is 0 Å². The van der Waals surface area contributed by atoms with E-state index in [-0.39, 0.29) is 5.91 Å². The molecule has 0 aliphatic heterocycles. The van der Waals surface area contributed by atoms with Gasteiger partial charge in [0.1, 0.15) is 5.76 Å². The SMILES string of the molecule is Cc1nn(CCC#N)c(C)c1CCC(=O)N(Cc1ccco1)C1CCCC1. The van der Waals surface area contributed by atoms with Crippen molar-refractivity contribution in [2.75, 3.05) is 0 Å². The van der Waals surface area contributed by atoms with Crippen molar-refractivity contribution in [3.05, 3.63) is 41.1 Å². The highest BCUT2D eigenvalue weighted by Gasteiger charge is 2.27. The molecule has 0 unspecified atom stereocenters. The summed E-state index contributed by atoms with van der Waals surface area (Å²) in [5, 5.41) is 13.3. The Morgan fingerprint density at radius 1 is 1.41 bits per heavy atom. The average molecular weight is 368 g/mol. The van der Waals surface area contributed by atoms with Gasteiger partial charge in [-0.1, -0.05) is 12.8 Å². The van der Waals surface area contributed by atoms with Crippen molar-refractivity contribution in [2.45, 2.75) is 77.9 Å². The van der Waals surface area contributed by atoms with Crippen LogP contribution in [0.2, 0.25) is 0 Å². The van der Waals surface area contributed by atoms with E-state index in [2.05, 4.69) is 11.2 Å².